The molecule has 1 aliphatic heterocycles. The summed E-state index contributed by atoms with van der Waals surface area (Å²) in [6.45, 7) is 2.80. The Kier molecular flexibility index (Phi) is 6.06. The lowest BCUT2D eigenvalue weighted by Gasteiger charge is -2.29. The molecule has 0 saturated carbocycles. The van der Waals surface area contributed by atoms with Crippen LogP contribution in [0.2, 0.25) is 0 Å². The molecular weight excluding hydrogens is 261 g/mol. The van der Waals surface area contributed by atoms with E-state index in [1.54, 1.807) is 0 Å². The zero-order chi connectivity index (χ0) is 14.4. The Morgan fingerprint density at radius 1 is 1.42 bits per heavy atom. The third-order valence-electron chi connectivity index (χ3n) is 3.31. The van der Waals surface area contributed by atoms with Crippen LogP contribution in [0, 0.1) is 5.41 Å². The first-order chi connectivity index (χ1) is 8.94. The molecule has 1 amide bonds. The van der Waals surface area contributed by atoms with Crippen LogP contribution in [-0.2, 0) is 9.53 Å². The summed E-state index contributed by atoms with van der Waals surface area (Å²) in [5.74, 6) is -0.955. The van der Waals surface area contributed by atoms with Crippen molar-refractivity contribution >= 4 is 5.91 Å². The minimum absolute atomic E-state index is 0.111. The van der Waals surface area contributed by atoms with Crippen LogP contribution >= 0.6 is 0 Å². The van der Waals surface area contributed by atoms with Gasteiger partial charge in [-0.3, -0.25) is 4.79 Å². The number of hydrogen-bond acceptors (Lipinski definition) is 3. The second kappa shape index (κ2) is 7.09. The van der Waals surface area contributed by atoms with Crippen molar-refractivity contribution in [3.8, 4) is 0 Å². The van der Waals surface area contributed by atoms with Crippen LogP contribution in [0.15, 0.2) is 0 Å². The third-order valence-corrected chi connectivity index (χ3v) is 3.31. The number of carbonyl (C=O) groups excluding carboxylic acids is 1. The topological polar surface area (TPSA) is 50.4 Å². The van der Waals surface area contributed by atoms with Crippen LogP contribution < -0.4 is 10.6 Å². The van der Waals surface area contributed by atoms with E-state index in [4.69, 9.17) is 4.74 Å². The summed E-state index contributed by atoms with van der Waals surface area (Å²) in [5, 5.41) is 4.93. The fourth-order valence-electron chi connectivity index (χ4n) is 2.01. The SMILES string of the molecule is CCCCOCCNC(=O)C1(C(F)(F)F)CCNC1. The molecule has 19 heavy (non-hydrogen) atoms. The van der Waals surface area contributed by atoms with Gasteiger partial charge in [0.25, 0.3) is 0 Å². The Morgan fingerprint density at radius 3 is 2.68 bits per heavy atom. The highest BCUT2D eigenvalue weighted by molar-refractivity contribution is 5.84. The zero-order valence-electron chi connectivity index (χ0n) is 11.1. The van der Waals surface area contributed by atoms with E-state index < -0.39 is 17.5 Å². The Labute approximate surface area is 111 Å². The van der Waals surface area contributed by atoms with Crippen molar-refractivity contribution in [1.29, 1.82) is 0 Å². The molecule has 0 aromatic heterocycles. The van der Waals surface area contributed by atoms with Gasteiger partial charge in [0.2, 0.25) is 5.91 Å². The highest BCUT2D eigenvalue weighted by Crippen LogP contribution is 2.43. The quantitative estimate of drug-likeness (QED) is 0.695. The number of ether oxygens (including phenoxy) is 1. The molecule has 7 heteroatoms. The smallest absolute Gasteiger partial charge is 0.380 e. The van der Waals surface area contributed by atoms with Gasteiger partial charge in [0.1, 0.15) is 0 Å². The van der Waals surface area contributed by atoms with Gasteiger partial charge in [-0.2, -0.15) is 13.2 Å². The average Bonchev–Trinajstić information content (AvgIpc) is 2.83. The first-order valence-corrected chi connectivity index (χ1v) is 6.57. The van der Waals surface area contributed by atoms with E-state index in [0.717, 1.165) is 12.8 Å². The molecule has 1 aliphatic rings. The van der Waals surface area contributed by atoms with E-state index in [1.165, 1.54) is 0 Å². The molecule has 0 spiro atoms. The van der Waals surface area contributed by atoms with Crippen molar-refractivity contribution < 1.29 is 22.7 Å². The summed E-state index contributed by atoms with van der Waals surface area (Å²) in [4.78, 5) is 11.8. The fourth-order valence-corrected chi connectivity index (χ4v) is 2.01. The standard InChI is InChI=1S/C12H21F3N2O2/c1-2-3-7-19-8-6-17-10(18)11(12(13,14)15)4-5-16-9-11/h16H,2-9H2,1H3,(H,17,18). The van der Waals surface area contributed by atoms with Crippen molar-refractivity contribution in [2.24, 2.45) is 5.41 Å². The number of carbonyl (C=O) groups is 1. The summed E-state index contributed by atoms with van der Waals surface area (Å²) < 4.78 is 44.2. The normalized spacial score (nSPS) is 23.6. The molecule has 0 aromatic rings. The molecule has 1 atom stereocenters. The fraction of sp³-hybridized carbons (Fsp3) is 0.917. The van der Waals surface area contributed by atoms with Gasteiger partial charge in [-0.15, -0.1) is 0 Å². The zero-order valence-corrected chi connectivity index (χ0v) is 11.1. The molecule has 0 bridgehead atoms. The van der Waals surface area contributed by atoms with E-state index in [-0.39, 0.29) is 32.7 Å². The van der Waals surface area contributed by atoms with Gasteiger partial charge in [-0.1, -0.05) is 13.3 Å². The molecule has 0 radical (unpaired) electrons. The van der Waals surface area contributed by atoms with Gasteiger partial charge < -0.3 is 15.4 Å². The minimum atomic E-state index is -4.52. The predicted molar refractivity (Wildman–Crippen MR) is 64.7 cm³/mol. The first-order valence-electron chi connectivity index (χ1n) is 6.57. The number of halogens is 3. The molecule has 4 nitrogen and oxygen atoms in total. The van der Waals surface area contributed by atoms with E-state index in [0.29, 0.717) is 6.61 Å². The maximum Gasteiger partial charge on any atom is 0.404 e. The number of amides is 1. The van der Waals surface area contributed by atoms with Crippen molar-refractivity contribution in [3.05, 3.63) is 0 Å². The minimum Gasteiger partial charge on any atom is -0.380 e. The largest absolute Gasteiger partial charge is 0.404 e. The summed E-state index contributed by atoms with van der Waals surface area (Å²) >= 11 is 0. The van der Waals surface area contributed by atoms with Gasteiger partial charge in [-0.05, 0) is 19.4 Å². The molecule has 1 unspecified atom stereocenters. The molecule has 0 aromatic carbocycles. The Morgan fingerprint density at radius 2 is 2.16 bits per heavy atom. The number of unbranched alkanes of at least 4 members (excludes halogenated alkanes) is 1. The lowest BCUT2D eigenvalue weighted by Crippen LogP contribution is -2.52. The van der Waals surface area contributed by atoms with Gasteiger partial charge in [0.05, 0.1) is 6.61 Å². The molecule has 0 aliphatic carbocycles. The summed E-state index contributed by atoms with van der Waals surface area (Å²) in [6.07, 6.45) is -2.83. The molecule has 1 saturated heterocycles. The molecule has 112 valence electrons. The Balaban J connectivity index is 2.38. The third kappa shape index (κ3) is 4.07. The van der Waals surface area contributed by atoms with E-state index in [2.05, 4.69) is 10.6 Å². The second-order valence-corrected chi connectivity index (χ2v) is 4.73. The number of rotatable bonds is 7. The van der Waals surface area contributed by atoms with Gasteiger partial charge in [-0.25, -0.2) is 0 Å². The van der Waals surface area contributed by atoms with Crippen molar-refractivity contribution in [2.45, 2.75) is 32.4 Å². The van der Waals surface area contributed by atoms with E-state index >= 15 is 0 Å². The summed E-state index contributed by atoms with van der Waals surface area (Å²) in [7, 11) is 0. The Bertz CT molecular complexity index is 289. The average molecular weight is 282 g/mol. The van der Waals surface area contributed by atoms with Crippen LogP contribution in [-0.4, -0.2) is 44.9 Å². The van der Waals surface area contributed by atoms with E-state index in [9.17, 15) is 18.0 Å². The van der Waals surface area contributed by atoms with Crippen LogP contribution in [0.5, 0.6) is 0 Å². The first kappa shape index (κ1) is 16.2. The van der Waals surface area contributed by atoms with Crippen LogP contribution in [0.1, 0.15) is 26.2 Å². The molecule has 1 fully saturated rings. The van der Waals surface area contributed by atoms with Gasteiger partial charge in [0.15, 0.2) is 5.41 Å². The van der Waals surface area contributed by atoms with Crippen LogP contribution in [0.3, 0.4) is 0 Å². The number of alkyl halides is 3. The molecule has 2 N–H and O–H groups in total. The highest BCUT2D eigenvalue weighted by Gasteiger charge is 2.61. The number of hydrogen-bond donors (Lipinski definition) is 2. The van der Waals surface area contributed by atoms with Crippen molar-refractivity contribution in [2.75, 3.05) is 32.8 Å². The monoisotopic (exact) mass is 282 g/mol. The maximum atomic E-state index is 13.0. The molecule has 1 heterocycles. The number of nitrogens with one attached hydrogen (secondary N) is 2. The maximum absolute atomic E-state index is 13.0. The van der Waals surface area contributed by atoms with Crippen molar-refractivity contribution in [1.82, 2.24) is 10.6 Å². The second-order valence-electron chi connectivity index (χ2n) is 4.73. The van der Waals surface area contributed by atoms with Gasteiger partial charge >= 0.3 is 6.18 Å². The summed E-state index contributed by atoms with van der Waals surface area (Å²) in [5.41, 5.74) is -2.28. The molecular formula is C12H21F3N2O2. The predicted octanol–water partition coefficient (Wildman–Crippen LogP) is 1.46. The van der Waals surface area contributed by atoms with Crippen LogP contribution in [0.25, 0.3) is 0 Å². The van der Waals surface area contributed by atoms with Crippen LogP contribution in [0.4, 0.5) is 13.2 Å². The molecule has 1 rings (SSSR count). The lowest BCUT2D eigenvalue weighted by atomic mass is 9.85. The summed E-state index contributed by atoms with van der Waals surface area (Å²) in [6, 6.07) is 0. The lowest BCUT2D eigenvalue weighted by molar-refractivity contribution is -0.216. The highest BCUT2D eigenvalue weighted by atomic mass is 19.4. The van der Waals surface area contributed by atoms with Gasteiger partial charge in [0, 0.05) is 19.7 Å². The Hall–Kier alpha value is -0.820. The van der Waals surface area contributed by atoms with Crippen molar-refractivity contribution in [3.63, 3.8) is 0 Å². The van der Waals surface area contributed by atoms with E-state index in [1.807, 2.05) is 6.92 Å².